The number of aromatic nitrogens is 2. The first kappa shape index (κ1) is 20.6. The average Bonchev–Trinajstić information content (AvgIpc) is 2.84. The van der Waals surface area contributed by atoms with E-state index in [4.69, 9.17) is 0 Å². The summed E-state index contributed by atoms with van der Waals surface area (Å²) in [6.07, 6.45) is 8.23. The summed E-state index contributed by atoms with van der Waals surface area (Å²) in [4.78, 5) is 8.81. The minimum Gasteiger partial charge on any atom is -0.357 e. The zero-order valence-electron chi connectivity index (χ0n) is 13.3. The van der Waals surface area contributed by atoms with Crippen molar-refractivity contribution in [2.75, 3.05) is 31.6 Å². The van der Waals surface area contributed by atoms with Crippen molar-refractivity contribution in [1.29, 1.82) is 0 Å². The van der Waals surface area contributed by atoms with Gasteiger partial charge in [-0.25, -0.2) is 4.98 Å². The Hall–Kier alpha value is -0.440. The Labute approximate surface area is 149 Å². The molecule has 0 amide bonds. The number of hydrogen-bond donors (Lipinski definition) is 2. The molecule has 21 heavy (non-hydrogen) atoms. The third-order valence-electron chi connectivity index (χ3n) is 2.94. The van der Waals surface area contributed by atoms with Gasteiger partial charge < -0.3 is 15.2 Å². The average molecular weight is 425 g/mol. The second-order valence-corrected chi connectivity index (χ2v) is 5.54. The fourth-order valence-electron chi connectivity index (χ4n) is 1.84. The standard InChI is InChI=1S/C14H27N5S.HI/c1-4-15-14(18-9-12-20-3)17-7-5-6-10-19-11-8-16-13(19)2;/h8,11H,4-7,9-10,12H2,1-3H3,(H2,15,17,18);1H. The van der Waals surface area contributed by atoms with E-state index < -0.39 is 0 Å². The Kier molecular flexibility index (Phi) is 13.0. The lowest BCUT2D eigenvalue weighted by Gasteiger charge is -2.10. The molecule has 0 spiro atoms. The second-order valence-electron chi connectivity index (χ2n) is 4.56. The Morgan fingerprint density at radius 1 is 1.38 bits per heavy atom. The van der Waals surface area contributed by atoms with Crippen LogP contribution in [0.25, 0.3) is 0 Å². The van der Waals surface area contributed by atoms with E-state index in [2.05, 4.69) is 38.4 Å². The number of thioether (sulfide) groups is 1. The van der Waals surface area contributed by atoms with Gasteiger partial charge in [0.05, 0.1) is 0 Å². The number of aryl methyl sites for hydroxylation is 2. The largest absolute Gasteiger partial charge is 0.357 e. The van der Waals surface area contributed by atoms with Crippen molar-refractivity contribution in [3.8, 4) is 0 Å². The number of nitrogens with one attached hydrogen (secondary N) is 2. The SMILES string of the molecule is CCNC(=NCCCCn1ccnc1C)NCCSC.I. The Balaban J connectivity index is 0.00000400. The van der Waals surface area contributed by atoms with Crippen LogP contribution in [0, 0.1) is 6.92 Å². The van der Waals surface area contributed by atoms with Crippen LogP contribution >= 0.6 is 35.7 Å². The van der Waals surface area contributed by atoms with Gasteiger partial charge in [0.25, 0.3) is 0 Å². The monoisotopic (exact) mass is 425 g/mol. The molecule has 0 radical (unpaired) electrons. The molecule has 0 fully saturated rings. The van der Waals surface area contributed by atoms with Gasteiger partial charge in [0.1, 0.15) is 5.82 Å². The molecule has 0 saturated carbocycles. The maximum Gasteiger partial charge on any atom is 0.191 e. The predicted octanol–water partition coefficient (Wildman–Crippen LogP) is 2.51. The lowest BCUT2D eigenvalue weighted by molar-refractivity contribution is 0.600. The molecule has 1 aromatic heterocycles. The fraction of sp³-hybridized carbons (Fsp3) is 0.714. The highest BCUT2D eigenvalue weighted by molar-refractivity contribution is 14.0. The topological polar surface area (TPSA) is 54.2 Å². The van der Waals surface area contributed by atoms with Gasteiger partial charge in [-0.3, -0.25) is 4.99 Å². The number of aliphatic imine (C=N–C) groups is 1. The summed E-state index contributed by atoms with van der Waals surface area (Å²) < 4.78 is 2.19. The van der Waals surface area contributed by atoms with Crippen molar-refractivity contribution in [3.63, 3.8) is 0 Å². The first-order chi connectivity index (χ1) is 9.77. The highest BCUT2D eigenvalue weighted by atomic mass is 127. The molecule has 1 rings (SSSR count). The number of halogens is 1. The highest BCUT2D eigenvalue weighted by Gasteiger charge is 1.97. The molecular formula is C14H28IN5S. The van der Waals surface area contributed by atoms with Gasteiger partial charge >= 0.3 is 0 Å². The number of guanidine groups is 1. The summed E-state index contributed by atoms with van der Waals surface area (Å²) in [5.74, 6) is 3.12. The third kappa shape index (κ3) is 9.23. The number of nitrogens with zero attached hydrogens (tertiary/aromatic N) is 3. The van der Waals surface area contributed by atoms with Gasteiger partial charge in [-0.05, 0) is 32.9 Å². The van der Waals surface area contributed by atoms with Gasteiger partial charge in [-0.1, -0.05) is 0 Å². The number of hydrogen-bond acceptors (Lipinski definition) is 3. The normalized spacial score (nSPS) is 11.1. The van der Waals surface area contributed by atoms with Gasteiger partial charge in [0, 0.05) is 44.3 Å². The van der Waals surface area contributed by atoms with E-state index in [1.807, 2.05) is 31.1 Å². The summed E-state index contributed by atoms with van der Waals surface area (Å²) in [5, 5.41) is 6.61. The summed E-state index contributed by atoms with van der Waals surface area (Å²) in [6.45, 7) is 7.88. The lowest BCUT2D eigenvalue weighted by Crippen LogP contribution is -2.38. The van der Waals surface area contributed by atoms with E-state index in [0.717, 1.165) is 56.6 Å². The van der Waals surface area contributed by atoms with E-state index >= 15 is 0 Å². The predicted molar refractivity (Wildman–Crippen MR) is 104 cm³/mol. The van der Waals surface area contributed by atoms with Crippen LogP contribution < -0.4 is 10.6 Å². The Bertz CT molecular complexity index is 394. The zero-order chi connectivity index (χ0) is 14.6. The molecule has 2 N–H and O–H groups in total. The Morgan fingerprint density at radius 2 is 2.19 bits per heavy atom. The van der Waals surface area contributed by atoms with Crippen LogP contribution in [0.15, 0.2) is 17.4 Å². The van der Waals surface area contributed by atoms with Crippen molar-refractivity contribution in [2.45, 2.75) is 33.2 Å². The van der Waals surface area contributed by atoms with Crippen LogP contribution in [-0.4, -0.2) is 47.2 Å². The highest BCUT2D eigenvalue weighted by Crippen LogP contribution is 2.00. The van der Waals surface area contributed by atoms with Crippen molar-refractivity contribution < 1.29 is 0 Å². The molecule has 0 aromatic carbocycles. The smallest absolute Gasteiger partial charge is 0.191 e. The van der Waals surface area contributed by atoms with E-state index in [0.29, 0.717) is 0 Å². The van der Waals surface area contributed by atoms with Crippen LogP contribution in [0.4, 0.5) is 0 Å². The molecule has 0 unspecified atom stereocenters. The molecular weight excluding hydrogens is 397 g/mol. The van der Waals surface area contributed by atoms with Crippen molar-refractivity contribution in [2.24, 2.45) is 4.99 Å². The minimum atomic E-state index is 0. The van der Waals surface area contributed by atoms with Crippen molar-refractivity contribution >= 4 is 41.7 Å². The van der Waals surface area contributed by atoms with E-state index in [1.54, 1.807) is 0 Å². The molecule has 122 valence electrons. The summed E-state index contributed by atoms with van der Waals surface area (Å²) >= 11 is 1.84. The molecule has 1 heterocycles. The molecule has 0 atom stereocenters. The first-order valence-corrected chi connectivity index (χ1v) is 8.66. The summed E-state index contributed by atoms with van der Waals surface area (Å²) in [6, 6.07) is 0. The van der Waals surface area contributed by atoms with Gasteiger partial charge in [0.2, 0.25) is 0 Å². The van der Waals surface area contributed by atoms with Crippen LogP contribution in [0.3, 0.4) is 0 Å². The molecule has 0 aliphatic carbocycles. The summed E-state index contributed by atoms with van der Waals surface area (Å²) in [7, 11) is 0. The lowest BCUT2D eigenvalue weighted by atomic mass is 10.3. The van der Waals surface area contributed by atoms with Crippen LogP contribution in [0.1, 0.15) is 25.6 Å². The molecule has 1 aromatic rings. The molecule has 7 heteroatoms. The number of imidazole rings is 1. The Morgan fingerprint density at radius 3 is 2.81 bits per heavy atom. The third-order valence-corrected chi connectivity index (χ3v) is 3.56. The molecule has 0 aliphatic rings. The fourth-order valence-corrected chi connectivity index (χ4v) is 2.14. The first-order valence-electron chi connectivity index (χ1n) is 7.26. The number of rotatable bonds is 9. The molecule has 0 bridgehead atoms. The van der Waals surface area contributed by atoms with Crippen molar-refractivity contribution in [1.82, 2.24) is 20.2 Å². The maximum atomic E-state index is 4.59. The van der Waals surface area contributed by atoms with Gasteiger partial charge in [-0.15, -0.1) is 24.0 Å². The number of unbranched alkanes of at least 4 members (excludes halogenated alkanes) is 1. The van der Waals surface area contributed by atoms with Gasteiger partial charge in [0.15, 0.2) is 5.96 Å². The molecule has 5 nitrogen and oxygen atoms in total. The van der Waals surface area contributed by atoms with E-state index in [1.165, 1.54) is 0 Å². The van der Waals surface area contributed by atoms with E-state index in [9.17, 15) is 0 Å². The van der Waals surface area contributed by atoms with Crippen LogP contribution in [-0.2, 0) is 6.54 Å². The maximum absolute atomic E-state index is 4.59. The van der Waals surface area contributed by atoms with Crippen LogP contribution in [0.2, 0.25) is 0 Å². The quantitative estimate of drug-likeness (QED) is 0.276. The second kappa shape index (κ2) is 13.2. The summed E-state index contributed by atoms with van der Waals surface area (Å²) in [5.41, 5.74) is 0. The van der Waals surface area contributed by atoms with Gasteiger partial charge in [-0.2, -0.15) is 11.8 Å². The molecule has 0 saturated heterocycles. The minimum absolute atomic E-state index is 0. The zero-order valence-corrected chi connectivity index (χ0v) is 16.4. The van der Waals surface area contributed by atoms with Crippen molar-refractivity contribution in [3.05, 3.63) is 18.2 Å². The molecule has 0 aliphatic heterocycles. The van der Waals surface area contributed by atoms with Crippen LogP contribution in [0.5, 0.6) is 0 Å². The van der Waals surface area contributed by atoms with E-state index in [-0.39, 0.29) is 24.0 Å².